The van der Waals surface area contributed by atoms with Gasteiger partial charge in [-0.15, -0.1) is 0 Å². The van der Waals surface area contributed by atoms with Gasteiger partial charge in [0.05, 0.1) is 33.6 Å². The summed E-state index contributed by atoms with van der Waals surface area (Å²) in [6, 6.07) is 15.1. The maximum atomic E-state index is 13.2. The molecule has 0 aliphatic rings. The number of hydrogen-bond acceptors (Lipinski definition) is 4. The first-order chi connectivity index (χ1) is 13.0. The number of ketones is 1. The number of Topliss-reactive ketones (excluding diaryl/α,β-unsaturated/α-hetero) is 1. The highest BCUT2D eigenvalue weighted by Gasteiger charge is 2.31. The monoisotopic (exact) mass is 406 g/mol. The van der Waals surface area contributed by atoms with Crippen LogP contribution in [0.15, 0.2) is 48.5 Å². The second-order valence-electron chi connectivity index (χ2n) is 6.49. The highest BCUT2D eigenvalue weighted by Crippen LogP contribution is 2.33. The Balaban J connectivity index is 2.23. The summed E-state index contributed by atoms with van der Waals surface area (Å²) in [6.07, 6.45) is 1.61. The second-order valence-corrected chi connectivity index (χ2v) is 7.13. The highest BCUT2D eigenvalue weighted by atomic mass is 35.5. The van der Waals surface area contributed by atoms with E-state index in [1.54, 1.807) is 18.2 Å². The van der Waals surface area contributed by atoms with E-state index in [0.29, 0.717) is 16.3 Å². The molecule has 0 saturated carbocycles. The standard InChI is InChI=1S/C21H24ClO4P/c1-14(11-12-15-7-4-3-5-8-15)17(13-19(23)26-27)20(24)16-9-6-10-18(22)21(16)25-2/h3-10,14,17H,11-13,27H2,1-2H3. The lowest BCUT2D eigenvalue weighted by Gasteiger charge is -2.23. The van der Waals surface area contributed by atoms with E-state index < -0.39 is 11.9 Å². The number of rotatable bonds is 9. The first-order valence-electron chi connectivity index (χ1n) is 8.78. The molecule has 0 spiro atoms. The number of ether oxygens (including phenoxy) is 1. The van der Waals surface area contributed by atoms with Gasteiger partial charge in [-0.3, -0.25) is 9.59 Å². The number of carbonyl (C=O) groups excluding carboxylic acids is 2. The predicted octanol–water partition coefficient (Wildman–Crippen LogP) is 5.14. The molecule has 0 saturated heterocycles. The lowest BCUT2D eigenvalue weighted by molar-refractivity contribution is -0.134. The summed E-state index contributed by atoms with van der Waals surface area (Å²) in [6.45, 7) is 1.98. The van der Waals surface area contributed by atoms with Crippen molar-refractivity contribution in [2.75, 3.05) is 7.11 Å². The normalized spacial score (nSPS) is 12.9. The van der Waals surface area contributed by atoms with E-state index >= 15 is 0 Å². The second kappa shape index (κ2) is 10.4. The lowest BCUT2D eigenvalue weighted by atomic mass is 9.81. The Kier molecular flexibility index (Phi) is 8.27. The maximum absolute atomic E-state index is 13.2. The average Bonchev–Trinajstić information content (AvgIpc) is 2.70. The third-order valence-corrected chi connectivity index (χ3v) is 5.27. The van der Waals surface area contributed by atoms with E-state index in [1.165, 1.54) is 12.7 Å². The van der Waals surface area contributed by atoms with Gasteiger partial charge in [0, 0.05) is 5.92 Å². The molecule has 0 bridgehead atoms. The molecule has 2 rings (SSSR count). The summed E-state index contributed by atoms with van der Waals surface area (Å²) >= 11 is 6.16. The van der Waals surface area contributed by atoms with E-state index in [9.17, 15) is 9.59 Å². The zero-order valence-corrected chi connectivity index (χ0v) is 17.4. The molecule has 0 heterocycles. The summed E-state index contributed by atoms with van der Waals surface area (Å²) in [7, 11) is 3.42. The van der Waals surface area contributed by atoms with Crippen LogP contribution in [0, 0.1) is 11.8 Å². The van der Waals surface area contributed by atoms with Gasteiger partial charge in [-0.25, -0.2) is 0 Å². The van der Waals surface area contributed by atoms with Gasteiger partial charge in [0.2, 0.25) is 0 Å². The van der Waals surface area contributed by atoms with E-state index in [4.69, 9.17) is 20.9 Å². The van der Waals surface area contributed by atoms with Gasteiger partial charge in [-0.2, -0.15) is 0 Å². The van der Waals surface area contributed by atoms with Crippen LogP contribution in [0.1, 0.15) is 35.7 Å². The summed E-state index contributed by atoms with van der Waals surface area (Å²) in [4.78, 5) is 25.1. The molecule has 3 atom stereocenters. The number of aryl methyl sites for hydroxylation is 1. The third kappa shape index (κ3) is 5.79. The van der Waals surface area contributed by atoms with Gasteiger partial charge in [-0.05, 0) is 36.5 Å². The third-order valence-electron chi connectivity index (χ3n) is 4.71. The summed E-state index contributed by atoms with van der Waals surface area (Å²) < 4.78 is 10.0. The average molecular weight is 407 g/mol. The molecule has 0 aliphatic heterocycles. The van der Waals surface area contributed by atoms with Crippen LogP contribution >= 0.6 is 21.1 Å². The minimum atomic E-state index is -0.519. The zero-order valence-electron chi connectivity index (χ0n) is 15.5. The fraction of sp³-hybridized carbons (Fsp3) is 0.333. The van der Waals surface area contributed by atoms with Gasteiger partial charge in [0.25, 0.3) is 0 Å². The zero-order chi connectivity index (χ0) is 19.8. The summed E-state index contributed by atoms with van der Waals surface area (Å²) in [5, 5.41) is 0.368. The van der Waals surface area contributed by atoms with E-state index in [-0.39, 0.29) is 18.1 Å². The van der Waals surface area contributed by atoms with Crippen molar-refractivity contribution in [2.24, 2.45) is 11.8 Å². The molecule has 0 radical (unpaired) electrons. The Labute approximate surface area is 167 Å². The van der Waals surface area contributed by atoms with Crippen LogP contribution in [0.2, 0.25) is 5.02 Å². The van der Waals surface area contributed by atoms with Crippen molar-refractivity contribution in [3.05, 3.63) is 64.7 Å². The Morgan fingerprint density at radius 2 is 1.81 bits per heavy atom. The van der Waals surface area contributed by atoms with E-state index in [1.807, 2.05) is 34.6 Å². The van der Waals surface area contributed by atoms with Crippen molar-refractivity contribution < 1.29 is 18.8 Å². The number of halogens is 1. The molecule has 0 fully saturated rings. The molecule has 2 aromatic carbocycles. The molecule has 144 valence electrons. The Bertz CT molecular complexity index is 779. The molecule has 0 N–H and O–H groups in total. The van der Waals surface area contributed by atoms with Crippen molar-refractivity contribution in [3.8, 4) is 5.75 Å². The van der Waals surface area contributed by atoms with Crippen LogP contribution < -0.4 is 4.74 Å². The minimum Gasteiger partial charge on any atom is -0.494 e. The van der Waals surface area contributed by atoms with Gasteiger partial charge in [0.15, 0.2) is 5.78 Å². The maximum Gasteiger partial charge on any atom is 0.308 e. The number of methoxy groups -OCH3 is 1. The Morgan fingerprint density at radius 3 is 2.44 bits per heavy atom. The first-order valence-corrected chi connectivity index (χ1v) is 9.63. The molecular formula is C21H24ClO4P. The lowest BCUT2D eigenvalue weighted by Crippen LogP contribution is -2.26. The van der Waals surface area contributed by atoms with Crippen LogP contribution in [0.4, 0.5) is 0 Å². The molecule has 2 aromatic rings. The van der Waals surface area contributed by atoms with Crippen LogP contribution in [-0.4, -0.2) is 18.9 Å². The van der Waals surface area contributed by atoms with Gasteiger partial charge < -0.3 is 9.26 Å². The largest absolute Gasteiger partial charge is 0.494 e. The summed E-state index contributed by atoms with van der Waals surface area (Å²) in [5.41, 5.74) is 1.59. The first kappa shape index (κ1) is 21.4. The van der Waals surface area contributed by atoms with E-state index in [0.717, 1.165) is 12.8 Å². The molecule has 6 heteroatoms. The fourth-order valence-electron chi connectivity index (χ4n) is 3.13. The Hall–Kier alpha value is -1.90. The highest BCUT2D eigenvalue weighted by molar-refractivity contribution is 7.10. The molecular weight excluding hydrogens is 383 g/mol. The van der Waals surface area contributed by atoms with Crippen molar-refractivity contribution in [3.63, 3.8) is 0 Å². The van der Waals surface area contributed by atoms with E-state index in [2.05, 4.69) is 12.1 Å². The number of hydrogen-bond donors (Lipinski definition) is 0. The van der Waals surface area contributed by atoms with Gasteiger partial charge >= 0.3 is 5.97 Å². The predicted molar refractivity (Wildman–Crippen MR) is 110 cm³/mol. The van der Waals surface area contributed by atoms with Crippen LogP contribution in [-0.2, 0) is 15.7 Å². The van der Waals surface area contributed by atoms with Crippen LogP contribution in [0.3, 0.4) is 0 Å². The van der Waals surface area contributed by atoms with Crippen molar-refractivity contribution >= 4 is 32.8 Å². The molecule has 0 aromatic heterocycles. The molecule has 0 aliphatic carbocycles. The molecule has 0 amide bonds. The van der Waals surface area contributed by atoms with Gasteiger partial charge in [-0.1, -0.05) is 54.9 Å². The van der Waals surface area contributed by atoms with Crippen molar-refractivity contribution in [2.45, 2.75) is 26.2 Å². The summed E-state index contributed by atoms with van der Waals surface area (Å²) in [5.74, 6) is -0.806. The fourth-order valence-corrected chi connectivity index (χ4v) is 3.48. The SMILES string of the molecule is COc1c(Cl)cccc1C(=O)C(CC(=O)OP)C(C)CCc1ccccc1. The van der Waals surface area contributed by atoms with Crippen LogP contribution in [0.25, 0.3) is 0 Å². The molecule has 27 heavy (non-hydrogen) atoms. The molecule has 3 unspecified atom stereocenters. The number of benzene rings is 2. The quantitative estimate of drug-likeness (QED) is 0.427. The van der Waals surface area contributed by atoms with Crippen LogP contribution in [0.5, 0.6) is 5.75 Å². The van der Waals surface area contributed by atoms with Crippen molar-refractivity contribution in [1.82, 2.24) is 0 Å². The van der Waals surface area contributed by atoms with Gasteiger partial charge in [0.1, 0.15) is 5.75 Å². The Morgan fingerprint density at radius 1 is 1.11 bits per heavy atom. The topological polar surface area (TPSA) is 52.6 Å². The minimum absolute atomic E-state index is 0.00789. The van der Waals surface area contributed by atoms with Crippen molar-refractivity contribution in [1.29, 1.82) is 0 Å². The number of carbonyl (C=O) groups is 2. The molecule has 4 nitrogen and oxygen atoms in total. The number of para-hydroxylation sites is 1. The smallest absolute Gasteiger partial charge is 0.308 e.